The molecular formula is C86H176N30O2S2. The van der Waals surface area contributed by atoms with Crippen LogP contribution >= 0.6 is 23.5 Å². The molecular weight excluding hydrogens is 1550 g/mol. The number of likely N-dealkylation sites (N-methyl/N-ethyl adjacent to an activating group) is 3. The topological polar surface area (TPSA) is 290 Å². The highest BCUT2D eigenvalue weighted by molar-refractivity contribution is 8.14. The van der Waals surface area contributed by atoms with Crippen molar-refractivity contribution in [2.75, 3.05) is 304 Å². The van der Waals surface area contributed by atoms with Gasteiger partial charge in [0.1, 0.15) is 12.4 Å². The monoisotopic (exact) mass is 1730 g/mol. The Morgan fingerprint density at radius 2 is 0.775 bits per heavy atom. The Bertz CT molecular complexity index is 2740. The van der Waals surface area contributed by atoms with Crippen molar-refractivity contribution in [3.8, 4) is 0 Å². The maximum atomic E-state index is 5.47. The van der Waals surface area contributed by atoms with Crippen LogP contribution in [0.15, 0.2) is 67.2 Å². The van der Waals surface area contributed by atoms with Gasteiger partial charge >= 0.3 is 0 Å². The van der Waals surface area contributed by atoms with Gasteiger partial charge in [0.15, 0.2) is 28.2 Å². The Balaban J connectivity index is 0.000000650. The fourth-order valence-electron chi connectivity index (χ4n) is 11.7. The number of aromatic nitrogens is 2. The summed E-state index contributed by atoms with van der Waals surface area (Å²) in [7, 11) is 22.9. The summed E-state index contributed by atoms with van der Waals surface area (Å²) >= 11 is 3.72. The summed E-state index contributed by atoms with van der Waals surface area (Å²) in [5, 5.41) is 12.8. The number of piperazine rings is 1. The molecule has 1 aromatic heterocycles. The lowest BCUT2D eigenvalue weighted by atomic mass is 10.2. The Labute approximate surface area is 739 Å². The summed E-state index contributed by atoms with van der Waals surface area (Å²) in [6.45, 7) is 61.5. The largest absolute Gasteiger partial charge is 0.465 e. The molecule has 1 fully saturated rings. The van der Waals surface area contributed by atoms with Crippen molar-refractivity contribution in [2.45, 2.75) is 180 Å². The third kappa shape index (κ3) is 50.4. The molecule has 0 atom stereocenters. The number of aryl methyl sites for hydroxylation is 1. The molecule has 6 N–H and O–H groups in total. The van der Waals surface area contributed by atoms with Gasteiger partial charge in [-0.15, -0.1) is 0 Å². The van der Waals surface area contributed by atoms with E-state index in [0.29, 0.717) is 11.8 Å². The van der Waals surface area contributed by atoms with Crippen LogP contribution in [0, 0.1) is 0 Å². The Hall–Kier alpha value is -7.20. The van der Waals surface area contributed by atoms with Crippen LogP contribution in [-0.4, -0.2) is 436 Å². The summed E-state index contributed by atoms with van der Waals surface area (Å²) < 4.78 is 12.3. The maximum absolute atomic E-state index is 5.47. The van der Waals surface area contributed by atoms with Crippen LogP contribution in [0.4, 0.5) is 5.82 Å². The molecule has 0 unspecified atom stereocenters. The van der Waals surface area contributed by atoms with Gasteiger partial charge in [-0.1, -0.05) is 30.4 Å². The molecule has 0 amide bonds. The summed E-state index contributed by atoms with van der Waals surface area (Å²) in [6.07, 6.45) is 17.8. The summed E-state index contributed by atoms with van der Waals surface area (Å²) in [4.78, 5) is 75.7. The SMILES string of the molecule is CCN(C)C1=NCCC1.CCN(C)C1=NCCC1.CCN(C)C1=NCCCC1.CCN(C)C1=NCCCC1.CCN(C)C1=NCCCN1.CCN(C)C1=NCCCO1.CCN(C)C1=NCCCS1.CCN(C)C1=NCCN1.CCN(C)C1=NCCO1.CCN(C)C1=NCCS1.CCN1CCN(C)CC1.CCN1CCN=C1N.CCn1ccc(N)n1. The normalized spacial score (nSPS) is 17.8. The van der Waals surface area contributed by atoms with Crippen LogP contribution in [0.25, 0.3) is 0 Å². The summed E-state index contributed by atoms with van der Waals surface area (Å²) in [5.74, 6) is 11.0. The number of aliphatic imine (C=N–C) groups is 11. The third-order valence-corrected chi connectivity index (χ3v) is 23.3. The van der Waals surface area contributed by atoms with Crippen LogP contribution in [0.5, 0.6) is 0 Å². The molecule has 13 heterocycles. The molecule has 120 heavy (non-hydrogen) atoms. The number of nitrogens with zero attached hydrogens (tertiary/aromatic N) is 26. The second-order valence-corrected chi connectivity index (χ2v) is 32.1. The quantitative estimate of drug-likeness (QED) is 0.143. The van der Waals surface area contributed by atoms with Gasteiger partial charge in [-0.3, -0.25) is 49.6 Å². The van der Waals surface area contributed by atoms with Gasteiger partial charge in [0.05, 0.1) is 56.1 Å². The zero-order valence-electron chi connectivity index (χ0n) is 80.5. The van der Waals surface area contributed by atoms with E-state index in [1.54, 1.807) is 10.7 Å². The maximum Gasteiger partial charge on any atom is 0.287 e. The molecule has 0 spiro atoms. The first kappa shape index (κ1) is 111. The van der Waals surface area contributed by atoms with Crippen LogP contribution in [-0.2, 0) is 16.0 Å². The Morgan fingerprint density at radius 3 is 1.07 bits per heavy atom. The summed E-state index contributed by atoms with van der Waals surface area (Å²) in [5.41, 5.74) is 10.8. The van der Waals surface area contributed by atoms with E-state index in [9.17, 15) is 0 Å². The third-order valence-electron chi connectivity index (χ3n) is 21.1. The highest BCUT2D eigenvalue weighted by Gasteiger charge is 2.17. The molecule has 694 valence electrons. The van der Waals surface area contributed by atoms with Crippen molar-refractivity contribution < 1.29 is 9.47 Å². The number of hydrogen-bond donors (Lipinski definition) is 4. The molecule has 0 bridgehead atoms. The number of nitrogen functional groups attached to an aromatic ring is 1. The molecule has 12 aliphatic rings. The number of hydrogen-bond acceptors (Lipinski definition) is 33. The number of amidine groups is 8. The van der Waals surface area contributed by atoms with E-state index in [0.717, 1.165) is 214 Å². The predicted octanol–water partition coefficient (Wildman–Crippen LogP) is 9.37. The van der Waals surface area contributed by atoms with Crippen molar-refractivity contribution >= 4 is 92.9 Å². The zero-order chi connectivity index (χ0) is 89.1. The number of ether oxygens (including phenoxy) is 2. The van der Waals surface area contributed by atoms with Crippen LogP contribution in [0.3, 0.4) is 0 Å². The van der Waals surface area contributed by atoms with Gasteiger partial charge in [0.2, 0.25) is 0 Å². The average molecular weight is 1730 g/mol. The predicted molar refractivity (Wildman–Crippen MR) is 525 cm³/mol. The molecule has 34 heteroatoms. The van der Waals surface area contributed by atoms with E-state index in [1.807, 2.05) is 67.6 Å². The van der Waals surface area contributed by atoms with E-state index < -0.39 is 0 Å². The van der Waals surface area contributed by atoms with E-state index in [4.69, 9.17) is 20.9 Å². The van der Waals surface area contributed by atoms with Crippen LogP contribution in [0.1, 0.15) is 173 Å². The average Bonchev–Trinajstić information content (AvgIpc) is 1.57. The highest BCUT2D eigenvalue weighted by Crippen LogP contribution is 2.16. The smallest absolute Gasteiger partial charge is 0.287 e. The molecule has 0 aromatic carbocycles. The number of anilines is 1. The molecule has 0 aliphatic carbocycles. The molecule has 12 aliphatic heterocycles. The van der Waals surface area contributed by atoms with Crippen LogP contribution in [0.2, 0.25) is 0 Å². The van der Waals surface area contributed by atoms with Gasteiger partial charge in [-0.05, 0) is 154 Å². The second kappa shape index (κ2) is 71.2. The molecule has 1 saturated heterocycles. The minimum atomic E-state index is 0.590. The number of thioether (sulfide) groups is 2. The van der Waals surface area contributed by atoms with E-state index >= 15 is 0 Å². The van der Waals surface area contributed by atoms with Crippen molar-refractivity contribution in [1.29, 1.82) is 0 Å². The minimum Gasteiger partial charge on any atom is -0.465 e. The van der Waals surface area contributed by atoms with E-state index in [-0.39, 0.29) is 0 Å². The van der Waals surface area contributed by atoms with E-state index in [2.05, 4.69) is 264 Å². The first-order chi connectivity index (χ1) is 57.9. The minimum absolute atomic E-state index is 0.590. The fourth-order valence-corrected chi connectivity index (χ4v) is 13.5. The fraction of sp³-hybridized carbons (Fsp3) is 0.837. The summed E-state index contributed by atoms with van der Waals surface area (Å²) in [6, 6.07) is 3.37. The van der Waals surface area contributed by atoms with Gasteiger partial charge in [0, 0.05) is 290 Å². The Morgan fingerprint density at radius 1 is 0.358 bits per heavy atom. The zero-order valence-corrected chi connectivity index (χ0v) is 82.1. The molecule has 13 rings (SSSR count). The standard InChI is InChI=1S/2C8H16N2.C7H15N3.C7H14N2O.C7H14N2S.C7H16N2.2C7H14N2.C6H13N3.C6H12N2O.C6H12N2S.C5H11N3.C5H9N3/c2*1-3-10(2)8-6-4-5-7-9-8;1-3-10(2)7-8-5-4-6-9-7;2*1-3-9(2)7-8-5-4-6-10-7;1-3-9-6-4-8(2)5-7-9;2*1-3-9(2)7-5-4-6-8-7;1-3-9(2)6-7-4-5-8-6;2*1-3-8(2)6-7-4-5-9-6;1-2-8-4-3-7-5(8)6;1-2-8-4-3-5(6)7-8/h2*3-7H2,1-2H3;3-6H2,1-2H3,(H,8,9);2*3-6H2,1-2H3;3-7H2,1-2H3;2*3-6H2,1-2H3;3-5H2,1-2H3,(H,7,8);2*3-5H2,1-2H3;2-4H2,1H3,(H2,6,7);3-4H,2H2,1H3,(H2,6,7). The number of nitrogens with two attached hydrogens (primary N) is 2. The number of nitrogens with one attached hydrogen (secondary N) is 2. The lowest BCUT2D eigenvalue weighted by Crippen LogP contribution is -2.44. The first-order valence-corrected chi connectivity index (χ1v) is 47.6. The van der Waals surface area contributed by atoms with E-state index in [1.165, 1.54) is 155 Å². The second-order valence-electron chi connectivity index (χ2n) is 30.0. The number of guanidine groups is 3. The lowest BCUT2D eigenvalue weighted by molar-refractivity contribution is 0.160. The van der Waals surface area contributed by atoms with Crippen molar-refractivity contribution in [3.63, 3.8) is 0 Å². The van der Waals surface area contributed by atoms with Gasteiger partial charge < -0.3 is 95.3 Å². The van der Waals surface area contributed by atoms with Crippen LogP contribution < -0.4 is 22.1 Å². The molecule has 0 radical (unpaired) electrons. The first-order valence-electron chi connectivity index (χ1n) is 45.7. The Kier molecular flexibility index (Phi) is 65.8. The van der Waals surface area contributed by atoms with Gasteiger partial charge in [0.25, 0.3) is 12.0 Å². The van der Waals surface area contributed by atoms with Gasteiger partial charge in [-0.25, -0.2) is 9.98 Å². The molecule has 32 nitrogen and oxygen atoms in total. The number of rotatable bonds is 13. The highest BCUT2D eigenvalue weighted by atomic mass is 32.2. The molecule has 1 aromatic rings. The van der Waals surface area contributed by atoms with Crippen molar-refractivity contribution in [1.82, 2.24) is 84.1 Å². The van der Waals surface area contributed by atoms with Crippen molar-refractivity contribution in [3.05, 3.63) is 12.3 Å². The molecule has 0 saturated carbocycles. The van der Waals surface area contributed by atoms with Crippen molar-refractivity contribution in [2.24, 2.45) is 60.7 Å². The van der Waals surface area contributed by atoms with Gasteiger partial charge in [-0.2, -0.15) is 5.10 Å². The lowest BCUT2D eigenvalue weighted by Gasteiger charge is -2.31.